The first-order valence-corrected chi connectivity index (χ1v) is 8.47. The van der Waals surface area contributed by atoms with Crippen molar-refractivity contribution in [3.05, 3.63) is 82.4 Å². The Kier molecular flexibility index (Phi) is 4.44. The van der Waals surface area contributed by atoms with E-state index >= 15 is 0 Å². The van der Waals surface area contributed by atoms with Gasteiger partial charge in [0.2, 0.25) is 0 Å². The fraction of sp³-hybridized carbons (Fsp3) is 0.158. The largest absolute Gasteiger partial charge is 0.365 e. The van der Waals surface area contributed by atoms with Crippen molar-refractivity contribution in [1.82, 2.24) is 9.78 Å². The lowest BCUT2D eigenvalue weighted by atomic mass is 10.1. The van der Waals surface area contributed by atoms with Gasteiger partial charge in [0.05, 0.1) is 29.6 Å². The average Bonchev–Trinajstić information content (AvgIpc) is 3.07. The first-order valence-electron chi connectivity index (χ1n) is 8.10. The summed E-state index contributed by atoms with van der Waals surface area (Å²) in [6.07, 6.45) is -0.234. The monoisotopic (exact) mass is 371 g/mol. The van der Waals surface area contributed by atoms with E-state index in [1.807, 2.05) is 0 Å². The number of para-hydroxylation sites is 1. The number of amides is 1. The van der Waals surface area contributed by atoms with E-state index in [-0.39, 0.29) is 17.8 Å². The molecule has 132 valence electrons. The Morgan fingerprint density at radius 1 is 1.23 bits per heavy atom. The molecule has 2 heterocycles. The summed E-state index contributed by atoms with van der Waals surface area (Å²) < 4.78 is 20.7. The number of carbonyl (C=O) groups is 1. The summed E-state index contributed by atoms with van der Waals surface area (Å²) in [7, 11) is 0. The van der Waals surface area contributed by atoms with Gasteiger partial charge in [-0.15, -0.1) is 0 Å². The Morgan fingerprint density at radius 3 is 2.77 bits per heavy atom. The van der Waals surface area contributed by atoms with Gasteiger partial charge in [-0.1, -0.05) is 35.9 Å². The zero-order valence-corrected chi connectivity index (χ0v) is 14.4. The third-order valence-corrected chi connectivity index (χ3v) is 4.56. The Labute approximate surface area is 154 Å². The fourth-order valence-electron chi connectivity index (χ4n) is 2.86. The van der Waals surface area contributed by atoms with Crippen LogP contribution in [0.4, 0.5) is 10.1 Å². The van der Waals surface area contributed by atoms with Crippen LogP contribution in [0.5, 0.6) is 0 Å². The summed E-state index contributed by atoms with van der Waals surface area (Å²) in [6.45, 7) is 0.786. The number of halogens is 2. The molecule has 0 saturated carbocycles. The van der Waals surface area contributed by atoms with Crippen LogP contribution in [0.25, 0.3) is 0 Å². The maximum Gasteiger partial charge on any atom is 0.276 e. The van der Waals surface area contributed by atoms with Crippen LogP contribution in [0.1, 0.15) is 27.8 Å². The molecule has 0 fully saturated rings. The molecule has 0 saturated heterocycles. The summed E-state index contributed by atoms with van der Waals surface area (Å²) in [4.78, 5) is 12.4. The van der Waals surface area contributed by atoms with Crippen molar-refractivity contribution in [2.45, 2.75) is 19.3 Å². The predicted molar refractivity (Wildman–Crippen MR) is 95.6 cm³/mol. The molecule has 2 aromatic carbocycles. The van der Waals surface area contributed by atoms with Gasteiger partial charge in [0, 0.05) is 0 Å². The molecule has 1 aliphatic heterocycles. The minimum absolute atomic E-state index is 0.234. The highest BCUT2D eigenvalue weighted by Gasteiger charge is 2.24. The molecule has 0 aliphatic carbocycles. The number of hydrogen-bond acceptors (Lipinski definition) is 3. The van der Waals surface area contributed by atoms with Crippen molar-refractivity contribution in [3.63, 3.8) is 0 Å². The summed E-state index contributed by atoms with van der Waals surface area (Å²) in [5, 5.41) is 7.60. The van der Waals surface area contributed by atoms with Gasteiger partial charge in [-0.3, -0.25) is 9.48 Å². The predicted octanol–water partition coefficient (Wildman–Crippen LogP) is 4.20. The molecule has 1 amide bonds. The highest BCUT2D eigenvalue weighted by Crippen LogP contribution is 2.27. The number of rotatable bonds is 3. The summed E-state index contributed by atoms with van der Waals surface area (Å²) in [5.41, 5.74) is 2.51. The number of nitrogens with zero attached hydrogens (tertiary/aromatic N) is 2. The maximum absolute atomic E-state index is 13.1. The molecule has 1 aliphatic rings. The van der Waals surface area contributed by atoms with Crippen molar-refractivity contribution in [2.24, 2.45) is 0 Å². The molecular weight excluding hydrogens is 357 g/mol. The molecule has 1 aromatic heterocycles. The van der Waals surface area contributed by atoms with Gasteiger partial charge >= 0.3 is 0 Å². The van der Waals surface area contributed by atoms with Crippen LogP contribution in [0, 0.1) is 5.82 Å². The highest BCUT2D eigenvalue weighted by atomic mass is 35.5. The minimum atomic E-state index is -0.335. The number of aromatic nitrogens is 2. The molecule has 0 radical (unpaired) electrons. The van der Waals surface area contributed by atoms with Gasteiger partial charge in [0.15, 0.2) is 5.69 Å². The molecule has 1 atom stereocenters. The van der Waals surface area contributed by atoms with Gasteiger partial charge in [0.25, 0.3) is 5.91 Å². The van der Waals surface area contributed by atoms with Crippen LogP contribution in [-0.4, -0.2) is 15.7 Å². The fourth-order valence-corrected chi connectivity index (χ4v) is 3.05. The second-order valence-electron chi connectivity index (χ2n) is 5.99. The van der Waals surface area contributed by atoms with Crippen molar-refractivity contribution in [2.75, 3.05) is 5.32 Å². The Hall–Kier alpha value is -2.70. The van der Waals surface area contributed by atoms with E-state index in [0.29, 0.717) is 29.6 Å². The zero-order valence-electron chi connectivity index (χ0n) is 13.7. The lowest BCUT2D eigenvalue weighted by Gasteiger charge is -2.24. The first-order chi connectivity index (χ1) is 12.6. The van der Waals surface area contributed by atoms with Gasteiger partial charge in [-0.05, 0) is 35.9 Å². The van der Waals surface area contributed by atoms with Crippen LogP contribution < -0.4 is 5.32 Å². The number of nitrogens with one attached hydrogen (secondary N) is 1. The van der Waals surface area contributed by atoms with E-state index in [4.69, 9.17) is 16.3 Å². The third kappa shape index (κ3) is 3.34. The Bertz CT molecular complexity index is 956. The van der Waals surface area contributed by atoms with Crippen LogP contribution in [0.3, 0.4) is 0 Å². The Morgan fingerprint density at radius 2 is 2.00 bits per heavy atom. The molecule has 1 unspecified atom stereocenters. The zero-order chi connectivity index (χ0) is 18.1. The van der Waals surface area contributed by atoms with Crippen LogP contribution in [-0.2, 0) is 17.9 Å². The second kappa shape index (κ2) is 6.90. The second-order valence-corrected chi connectivity index (χ2v) is 6.40. The van der Waals surface area contributed by atoms with Crippen molar-refractivity contribution in [1.29, 1.82) is 0 Å². The standard InChI is InChI=1S/C19H15ClFN3O2/c20-15-3-1-2-4-16(15)22-19(25)17-9-14-11-26-18(10-24(14)23-17)12-5-7-13(21)8-6-12/h1-9,18H,10-11H2,(H,22,25). The van der Waals surface area contributed by atoms with Crippen molar-refractivity contribution in [3.8, 4) is 0 Å². The topological polar surface area (TPSA) is 56.2 Å². The number of benzene rings is 2. The number of carbonyl (C=O) groups excluding carboxylic acids is 1. The number of hydrogen-bond donors (Lipinski definition) is 1. The van der Waals surface area contributed by atoms with E-state index in [0.717, 1.165) is 11.3 Å². The average molecular weight is 372 g/mol. The first kappa shape index (κ1) is 16.8. The van der Waals surface area contributed by atoms with Gasteiger partial charge in [-0.25, -0.2) is 4.39 Å². The van der Waals surface area contributed by atoms with Crippen LogP contribution in [0.2, 0.25) is 5.02 Å². The maximum atomic E-state index is 13.1. The normalized spacial score (nSPS) is 16.2. The van der Waals surface area contributed by atoms with E-state index < -0.39 is 0 Å². The van der Waals surface area contributed by atoms with Crippen molar-refractivity contribution < 1.29 is 13.9 Å². The van der Waals surface area contributed by atoms with Gasteiger partial charge < -0.3 is 10.1 Å². The van der Waals surface area contributed by atoms with Crippen LogP contribution >= 0.6 is 11.6 Å². The molecule has 7 heteroatoms. The Balaban J connectivity index is 1.51. The molecule has 0 bridgehead atoms. The lowest BCUT2D eigenvalue weighted by Crippen LogP contribution is -2.22. The number of anilines is 1. The number of ether oxygens (including phenoxy) is 1. The SMILES string of the molecule is O=C(Nc1ccccc1Cl)c1cc2n(n1)CC(c1ccc(F)cc1)OC2. The molecular formula is C19H15ClFN3O2. The lowest BCUT2D eigenvalue weighted by molar-refractivity contribution is -0.00122. The van der Waals surface area contributed by atoms with E-state index in [2.05, 4.69) is 10.4 Å². The smallest absolute Gasteiger partial charge is 0.276 e. The quantitative estimate of drug-likeness (QED) is 0.750. The molecule has 5 nitrogen and oxygen atoms in total. The molecule has 26 heavy (non-hydrogen) atoms. The molecule has 4 rings (SSSR count). The van der Waals surface area contributed by atoms with E-state index in [1.54, 1.807) is 47.1 Å². The summed E-state index contributed by atoms with van der Waals surface area (Å²) in [5.74, 6) is -0.624. The van der Waals surface area contributed by atoms with Crippen molar-refractivity contribution >= 4 is 23.2 Å². The summed E-state index contributed by atoms with van der Waals surface area (Å²) in [6, 6.07) is 14.9. The number of fused-ring (bicyclic) bond motifs is 1. The van der Waals surface area contributed by atoms with Gasteiger partial charge in [0.1, 0.15) is 11.9 Å². The van der Waals surface area contributed by atoms with Crippen LogP contribution in [0.15, 0.2) is 54.6 Å². The third-order valence-electron chi connectivity index (χ3n) is 4.23. The van der Waals surface area contributed by atoms with E-state index in [1.165, 1.54) is 12.1 Å². The van der Waals surface area contributed by atoms with Gasteiger partial charge in [-0.2, -0.15) is 5.10 Å². The van der Waals surface area contributed by atoms with E-state index in [9.17, 15) is 9.18 Å². The highest BCUT2D eigenvalue weighted by molar-refractivity contribution is 6.33. The summed E-state index contributed by atoms with van der Waals surface area (Å²) >= 11 is 6.07. The molecule has 1 N–H and O–H groups in total. The molecule has 3 aromatic rings. The minimum Gasteiger partial charge on any atom is -0.365 e. The molecule has 0 spiro atoms.